The Bertz CT molecular complexity index is 404. The summed E-state index contributed by atoms with van der Waals surface area (Å²) in [6.07, 6.45) is 2.28. The molecule has 0 saturated heterocycles. The van der Waals surface area contributed by atoms with E-state index < -0.39 is 0 Å². The molecule has 6 heteroatoms. The zero-order chi connectivity index (χ0) is 13.2. The van der Waals surface area contributed by atoms with Crippen LogP contribution >= 0.6 is 0 Å². The number of anilines is 1. The normalized spacial score (nSPS) is 10.0. The van der Waals surface area contributed by atoms with Gasteiger partial charge in [0.2, 0.25) is 5.88 Å². The molecule has 0 aliphatic heterocycles. The molecule has 0 amide bonds. The lowest BCUT2D eigenvalue weighted by Crippen LogP contribution is -2.10. The number of nitrogens with zero attached hydrogens (tertiary/aromatic N) is 2. The molecular weight excluding hydrogens is 234 g/mol. The molecule has 98 valence electrons. The molecule has 18 heavy (non-hydrogen) atoms. The number of rotatable bonds is 8. The molecule has 0 spiro atoms. The quantitative estimate of drug-likeness (QED) is 0.692. The molecule has 0 fully saturated rings. The third kappa shape index (κ3) is 4.99. The van der Waals surface area contributed by atoms with Crippen molar-refractivity contribution < 1.29 is 14.2 Å². The van der Waals surface area contributed by atoms with Gasteiger partial charge in [0.05, 0.1) is 17.9 Å². The Labute approximate surface area is 106 Å². The highest BCUT2D eigenvalue weighted by molar-refractivity contribution is 5.51. The first-order valence-corrected chi connectivity index (χ1v) is 5.63. The molecule has 2 N–H and O–H groups in total. The summed E-state index contributed by atoms with van der Waals surface area (Å²) in [5, 5.41) is 8.65. The highest BCUT2D eigenvalue weighted by Gasteiger charge is 2.03. The van der Waals surface area contributed by atoms with E-state index in [-0.39, 0.29) is 0 Å². The smallest absolute Gasteiger partial charge is 0.237 e. The monoisotopic (exact) mass is 251 g/mol. The van der Waals surface area contributed by atoms with E-state index in [1.807, 2.05) is 6.07 Å². The lowest BCUT2D eigenvalue weighted by atomic mass is 10.3. The average Bonchev–Trinajstić information content (AvgIpc) is 2.39. The second-order valence-corrected chi connectivity index (χ2v) is 3.54. The van der Waals surface area contributed by atoms with E-state index in [4.69, 9.17) is 25.2 Å². The SMILES string of the molecule is COCCCOCCOc1ncc(C#N)cc1N. The van der Waals surface area contributed by atoms with Crippen LogP contribution in [0.3, 0.4) is 0 Å². The van der Waals surface area contributed by atoms with Gasteiger partial charge >= 0.3 is 0 Å². The van der Waals surface area contributed by atoms with Crippen molar-refractivity contribution >= 4 is 5.69 Å². The first kappa shape index (κ1) is 14.2. The molecule has 0 atom stereocenters. The van der Waals surface area contributed by atoms with Gasteiger partial charge in [0.1, 0.15) is 12.7 Å². The van der Waals surface area contributed by atoms with E-state index in [1.165, 1.54) is 12.3 Å². The fourth-order valence-electron chi connectivity index (χ4n) is 1.26. The van der Waals surface area contributed by atoms with Crippen LogP contribution in [0.2, 0.25) is 0 Å². The van der Waals surface area contributed by atoms with Crippen LogP contribution in [0, 0.1) is 11.3 Å². The summed E-state index contributed by atoms with van der Waals surface area (Å²) in [5.41, 5.74) is 6.45. The van der Waals surface area contributed by atoms with Gasteiger partial charge < -0.3 is 19.9 Å². The molecule has 0 saturated carbocycles. The van der Waals surface area contributed by atoms with Gasteiger partial charge in [-0.15, -0.1) is 0 Å². The summed E-state index contributed by atoms with van der Waals surface area (Å²) < 4.78 is 15.5. The largest absolute Gasteiger partial charge is 0.474 e. The molecule has 0 radical (unpaired) electrons. The Morgan fingerprint density at radius 3 is 2.83 bits per heavy atom. The predicted octanol–water partition coefficient (Wildman–Crippen LogP) is 0.967. The van der Waals surface area contributed by atoms with Crippen molar-refractivity contribution in [1.29, 1.82) is 5.26 Å². The van der Waals surface area contributed by atoms with Crippen molar-refractivity contribution in [2.75, 3.05) is 39.3 Å². The summed E-state index contributed by atoms with van der Waals surface area (Å²) in [5.74, 6) is 0.328. The van der Waals surface area contributed by atoms with Gasteiger partial charge in [0.15, 0.2) is 0 Å². The minimum atomic E-state index is 0.328. The molecular formula is C12H17N3O3. The Kier molecular flexibility index (Phi) is 6.54. The van der Waals surface area contributed by atoms with Gasteiger partial charge in [-0.2, -0.15) is 5.26 Å². The van der Waals surface area contributed by atoms with Crippen LogP contribution in [0.1, 0.15) is 12.0 Å². The minimum absolute atomic E-state index is 0.328. The molecule has 0 bridgehead atoms. The summed E-state index contributed by atoms with van der Waals surface area (Å²) in [7, 11) is 1.66. The molecule has 1 rings (SSSR count). The lowest BCUT2D eigenvalue weighted by Gasteiger charge is -2.08. The summed E-state index contributed by atoms with van der Waals surface area (Å²) in [4.78, 5) is 3.95. The number of methoxy groups -OCH3 is 1. The highest BCUT2D eigenvalue weighted by Crippen LogP contribution is 2.18. The van der Waals surface area contributed by atoms with E-state index in [0.717, 1.165) is 6.42 Å². The van der Waals surface area contributed by atoms with Gasteiger partial charge in [-0.3, -0.25) is 0 Å². The standard InChI is InChI=1S/C12H17N3O3/c1-16-3-2-4-17-5-6-18-12-11(14)7-10(8-13)9-15-12/h7,9H,2-6,14H2,1H3. The third-order valence-electron chi connectivity index (χ3n) is 2.11. The lowest BCUT2D eigenvalue weighted by molar-refractivity contribution is 0.0797. The second kappa shape index (κ2) is 8.28. The fraction of sp³-hybridized carbons (Fsp3) is 0.500. The van der Waals surface area contributed by atoms with E-state index >= 15 is 0 Å². The molecule has 1 aromatic heterocycles. The number of nitriles is 1. The van der Waals surface area contributed by atoms with Gasteiger partial charge in [-0.1, -0.05) is 0 Å². The molecule has 0 aliphatic carbocycles. The van der Waals surface area contributed by atoms with Crippen LogP contribution < -0.4 is 10.5 Å². The third-order valence-corrected chi connectivity index (χ3v) is 2.11. The number of aromatic nitrogens is 1. The van der Waals surface area contributed by atoms with E-state index in [1.54, 1.807) is 7.11 Å². The van der Waals surface area contributed by atoms with Crippen molar-refractivity contribution in [3.8, 4) is 11.9 Å². The molecule has 1 aromatic rings. The zero-order valence-electron chi connectivity index (χ0n) is 10.4. The number of pyridine rings is 1. The minimum Gasteiger partial charge on any atom is -0.474 e. The van der Waals surface area contributed by atoms with Gasteiger partial charge in [0, 0.05) is 26.5 Å². The van der Waals surface area contributed by atoms with E-state index in [9.17, 15) is 0 Å². The fourth-order valence-corrected chi connectivity index (χ4v) is 1.26. The number of nitrogens with two attached hydrogens (primary N) is 1. The first-order valence-electron chi connectivity index (χ1n) is 5.63. The number of nitrogen functional groups attached to an aromatic ring is 1. The Balaban J connectivity index is 2.21. The van der Waals surface area contributed by atoms with E-state index in [2.05, 4.69) is 4.98 Å². The van der Waals surface area contributed by atoms with Crippen molar-refractivity contribution in [3.63, 3.8) is 0 Å². The molecule has 0 aromatic carbocycles. The molecule has 0 unspecified atom stereocenters. The highest BCUT2D eigenvalue weighted by atomic mass is 16.5. The Hall–Kier alpha value is -1.84. The van der Waals surface area contributed by atoms with Crippen molar-refractivity contribution in [1.82, 2.24) is 4.98 Å². The van der Waals surface area contributed by atoms with Crippen LogP contribution in [0.4, 0.5) is 5.69 Å². The Morgan fingerprint density at radius 1 is 1.33 bits per heavy atom. The topological polar surface area (TPSA) is 90.4 Å². The van der Waals surface area contributed by atoms with E-state index in [0.29, 0.717) is 43.6 Å². The van der Waals surface area contributed by atoms with Gasteiger partial charge in [-0.05, 0) is 12.5 Å². The maximum absolute atomic E-state index is 8.65. The average molecular weight is 251 g/mol. The van der Waals surface area contributed by atoms with Crippen molar-refractivity contribution in [3.05, 3.63) is 17.8 Å². The summed E-state index contributed by atoms with van der Waals surface area (Å²) >= 11 is 0. The predicted molar refractivity (Wildman–Crippen MR) is 66.2 cm³/mol. The molecule has 6 nitrogen and oxygen atoms in total. The van der Waals surface area contributed by atoms with Crippen LogP contribution in [-0.4, -0.2) is 38.5 Å². The Morgan fingerprint density at radius 2 is 2.17 bits per heavy atom. The molecule has 1 heterocycles. The van der Waals surface area contributed by atoms with Crippen LogP contribution in [0.15, 0.2) is 12.3 Å². The summed E-state index contributed by atoms with van der Waals surface area (Å²) in [6.45, 7) is 2.15. The number of hydrogen-bond acceptors (Lipinski definition) is 6. The van der Waals surface area contributed by atoms with Crippen molar-refractivity contribution in [2.45, 2.75) is 6.42 Å². The van der Waals surface area contributed by atoms with Crippen LogP contribution in [-0.2, 0) is 9.47 Å². The first-order chi connectivity index (χ1) is 8.77. The second-order valence-electron chi connectivity index (χ2n) is 3.54. The van der Waals surface area contributed by atoms with Crippen LogP contribution in [0.5, 0.6) is 5.88 Å². The zero-order valence-corrected chi connectivity index (χ0v) is 10.4. The maximum Gasteiger partial charge on any atom is 0.237 e. The van der Waals surface area contributed by atoms with Crippen molar-refractivity contribution in [2.24, 2.45) is 0 Å². The maximum atomic E-state index is 8.65. The van der Waals surface area contributed by atoms with Crippen LogP contribution in [0.25, 0.3) is 0 Å². The van der Waals surface area contributed by atoms with Gasteiger partial charge in [-0.25, -0.2) is 4.98 Å². The number of hydrogen-bond donors (Lipinski definition) is 1. The summed E-state index contributed by atoms with van der Waals surface area (Å²) in [6, 6.07) is 3.49. The molecule has 0 aliphatic rings. The van der Waals surface area contributed by atoms with Gasteiger partial charge in [0.25, 0.3) is 0 Å². The number of ether oxygens (including phenoxy) is 3.